The molecule has 96 valence electrons. The molecule has 1 aromatic rings. The van der Waals surface area contributed by atoms with Gasteiger partial charge in [0.1, 0.15) is 5.82 Å². The topological polar surface area (TPSA) is 33.0 Å². The molecule has 1 aromatic carbocycles. The monoisotopic (exact) mass is 267 g/mol. The van der Waals surface area contributed by atoms with Gasteiger partial charge in [-0.05, 0) is 44.0 Å². The van der Waals surface area contributed by atoms with Gasteiger partial charge < -0.3 is 4.74 Å². The zero-order valence-corrected chi connectivity index (χ0v) is 11.4. The highest BCUT2D eigenvalue weighted by atomic mass is 35.5. The van der Waals surface area contributed by atoms with Gasteiger partial charge in [0.25, 0.3) is 0 Å². The van der Waals surface area contributed by atoms with E-state index in [-0.39, 0.29) is 5.82 Å². The third-order valence-electron chi connectivity index (χ3n) is 3.94. The van der Waals surface area contributed by atoms with Crippen molar-refractivity contribution in [2.24, 2.45) is 5.41 Å². The average molecular weight is 268 g/mol. The van der Waals surface area contributed by atoms with E-state index in [1.807, 2.05) is 13.8 Å². The Morgan fingerprint density at radius 1 is 1.44 bits per heavy atom. The largest absolute Gasteiger partial charge is 0.379 e. The quantitative estimate of drug-likeness (QED) is 0.820. The second-order valence-corrected chi connectivity index (χ2v) is 5.80. The number of ether oxygens (including phenoxy) is 1. The maximum absolute atomic E-state index is 13.8. The van der Waals surface area contributed by atoms with Gasteiger partial charge in [0.2, 0.25) is 0 Å². The predicted molar refractivity (Wildman–Crippen MR) is 68.0 cm³/mol. The van der Waals surface area contributed by atoms with Crippen molar-refractivity contribution in [1.82, 2.24) is 0 Å². The van der Waals surface area contributed by atoms with Gasteiger partial charge >= 0.3 is 0 Å². The van der Waals surface area contributed by atoms with Crippen molar-refractivity contribution in [2.75, 3.05) is 13.2 Å². The van der Waals surface area contributed by atoms with Gasteiger partial charge in [-0.3, -0.25) is 0 Å². The summed E-state index contributed by atoms with van der Waals surface area (Å²) < 4.78 is 19.0. The molecule has 0 amide bonds. The molecule has 1 fully saturated rings. The van der Waals surface area contributed by atoms with E-state index in [2.05, 4.69) is 6.07 Å². The summed E-state index contributed by atoms with van der Waals surface area (Å²) in [7, 11) is 0. The summed E-state index contributed by atoms with van der Waals surface area (Å²) in [5, 5.41) is 9.83. The molecule has 0 bridgehead atoms. The summed E-state index contributed by atoms with van der Waals surface area (Å²) >= 11 is 6.23. The van der Waals surface area contributed by atoms with Crippen LogP contribution in [0, 0.1) is 29.5 Å². The Morgan fingerprint density at radius 3 is 2.50 bits per heavy atom. The molecule has 0 radical (unpaired) electrons. The van der Waals surface area contributed by atoms with E-state index in [4.69, 9.17) is 16.3 Å². The summed E-state index contributed by atoms with van der Waals surface area (Å²) in [6.07, 6.45) is 0. The molecule has 1 aliphatic rings. The Bertz CT molecular complexity index is 529. The second-order valence-electron chi connectivity index (χ2n) is 5.39. The summed E-state index contributed by atoms with van der Waals surface area (Å²) in [5.41, 5.74) is 0.00298. The van der Waals surface area contributed by atoms with Crippen molar-refractivity contribution >= 4 is 11.6 Å². The van der Waals surface area contributed by atoms with Crippen LogP contribution in [-0.2, 0) is 10.2 Å². The van der Waals surface area contributed by atoms with Crippen LogP contribution in [-0.4, -0.2) is 13.2 Å². The first-order valence-corrected chi connectivity index (χ1v) is 6.17. The minimum Gasteiger partial charge on any atom is -0.379 e. The van der Waals surface area contributed by atoms with E-state index in [9.17, 15) is 9.65 Å². The molecule has 0 unspecified atom stereocenters. The van der Waals surface area contributed by atoms with Gasteiger partial charge in [-0.2, -0.15) is 5.26 Å². The van der Waals surface area contributed by atoms with Crippen LogP contribution >= 0.6 is 11.6 Å². The van der Waals surface area contributed by atoms with Crippen LogP contribution in [0.5, 0.6) is 0 Å². The van der Waals surface area contributed by atoms with Gasteiger partial charge in [0.05, 0.1) is 30.1 Å². The Hall–Kier alpha value is -1.11. The lowest BCUT2D eigenvalue weighted by Crippen LogP contribution is -2.56. The van der Waals surface area contributed by atoms with Crippen LogP contribution in [0.1, 0.15) is 25.0 Å². The number of aryl methyl sites for hydroxylation is 1. The molecule has 4 heteroatoms. The summed E-state index contributed by atoms with van der Waals surface area (Å²) in [6.45, 7) is 6.14. The first kappa shape index (κ1) is 13.3. The van der Waals surface area contributed by atoms with Crippen LogP contribution < -0.4 is 0 Å². The highest BCUT2D eigenvalue weighted by Crippen LogP contribution is 2.49. The molecule has 0 aliphatic carbocycles. The molecule has 1 heterocycles. The fraction of sp³-hybridized carbons (Fsp3) is 0.500. The van der Waals surface area contributed by atoms with Crippen LogP contribution in [0.3, 0.4) is 0 Å². The van der Waals surface area contributed by atoms with E-state index in [1.165, 1.54) is 6.07 Å². The smallest absolute Gasteiger partial charge is 0.126 e. The second kappa shape index (κ2) is 4.22. The molecule has 0 aromatic heterocycles. The highest BCUT2D eigenvalue weighted by Gasteiger charge is 2.53. The van der Waals surface area contributed by atoms with Gasteiger partial charge in [-0.1, -0.05) is 11.6 Å². The van der Waals surface area contributed by atoms with Crippen LogP contribution in [0.25, 0.3) is 0 Å². The third-order valence-corrected chi connectivity index (χ3v) is 4.25. The van der Waals surface area contributed by atoms with Gasteiger partial charge in [-0.15, -0.1) is 0 Å². The molecule has 1 saturated heterocycles. The van der Waals surface area contributed by atoms with E-state index < -0.39 is 10.8 Å². The highest BCUT2D eigenvalue weighted by molar-refractivity contribution is 6.31. The Morgan fingerprint density at radius 2 is 2.06 bits per heavy atom. The van der Waals surface area contributed by atoms with Gasteiger partial charge in [0, 0.05) is 5.02 Å². The van der Waals surface area contributed by atoms with Crippen molar-refractivity contribution < 1.29 is 9.13 Å². The maximum Gasteiger partial charge on any atom is 0.126 e. The number of halogens is 2. The number of benzene rings is 1. The molecule has 0 atom stereocenters. The zero-order valence-electron chi connectivity index (χ0n) is 10.7. The Kier molecular flexibility index (Phi) is 3.12. The SMILES string of the molecule is Cc1cc(Cl)c(C2(C(C)(C)C#N)COC2)cc1F. The Labute approximate surface area is 111 Å². The molecule has 2 nitrogen and oxygen atoms in total. The predicted octanol–water partition coefficient (Wildman–Crippen LogP) is 3.61. The standard InChI is InChI=1S/C14H15ClFNO/c1-9-4-11(15)10(5-12(9)16)14(7-18-8-14)13(2,3)6-17/h4-5H,7-8H2,1-3H3. The molecule has 0 N–H and O–H groups in total. The van der Waals surface area contributed by atoms with Crippen molar-refractivity contribution in [2.45, 2.75) is 26.2 Å². The van der Waals surface area contributed by atoms with E-state index >= 15 is 0 Å². The van der Waals surface area contributed by atoms with Crippen LogP contribution in [0.4, 0.5) is 4.39 Å². The fourth-order valence-corrected chi connectivity index (χ4v) is 2.68. The van der Waals surface area contributed by atoms with E-state index in [1.54, 1.807) is 13.0 Å². The number of rotatable bonds is 2. The minimum atomic E-state index is -0.656. The van der Waals surface area contributed by atoms with Crippen molar-refractivity contribution in [1.29, 1.82) is 5.26 Å². The molecule has 0 spiro atoms. The lowest BCUT2D eigenvalue weighted by molar-refractivity contribution is -0.102. The lowest BCUT2D eigenvalue weighted by Gasteiger charge is -2.49. The van der Waals surface area contributed by atoms with Crippen LogP contribution in [0.2, 0.25) is 5.02 Å². The first-order chi connectivity index (χ1) is 8.34. The number of hydrogen-bond acceptors (Lipinski definition) is 2. The Balaban J connectivity index is 2.60. The molecular formula is C14H15ClFNO. The normalized spacial score (nSPS) is 18.0. The molecular weight excluding hydrogens is 253 g/mol. The zero-order chi connectivity index (χ0) is 13.6. The molecule has 18 heavy (non-hydrogen) atoms. The first-order valence-electron chi connectivity index (χ1n) is 5.79. The number of nitriles is 1. The van der Waals surface area contributed by atoms with Gasteiger partial charge in [-0.25, -0.2) is 4.39 Å². The van der Waals surface area contributed by atoms with Crippen molar-refractivity contribution in [3.63, 3.8) is 0 Å². The summed E-state index contributed by atoms with van der Waals surface area (Å²) in [6, 6.07) is 5.34. The molecule has 1 aliphatic heterocycles. The number of hydrogen-bond donors (Lipinski definition) is 0. The summed E-state index contributed by atoms with van der Waals surface area (Å²) in [4.78, 5) is 0. The fourth-order valence-electron chi connectivity index (χ4n) is 2.28. The van der Waals surface area contributed by atoms with E-state index in [0.717, 1.165) is 0 Å². The summed E-state index contributed by atoms with van der Waals surface area (Å²) in [5.74, 6) is -0.297. The third kappa shape index (κ3) is 1.72. The van der Waals surface area contributed by atoms with Crippen molar-refractivity contribution in [3.05, 3.63) is 34.1 Å². The van der Waals surface area contributed by atoms with Gasteiger partial charge in [0.15, 0.2) is 0 Å². The minimum absolute atomic E-state index is 0.297. The molecule has 0 saturated carbocycles. The maximum atomic E-state index is 13.8. The van der Waals surface area contributed by atoms with Crippen molar-refractivity contribution in [3.8, 4) is 6.07 Å². The van der Waals surface area contributed by atoms with E-state index in [0.29, 0.717) is 29.4 Å². The molecule has 2 rings (SSSR count). The van der Waals surface area contributed by atoms with Crippen LogP contribution in [0.15, 0.2) is 12.1 Å². The average Bonchev–Trinajstić information content (AvgIpc) is 2.23. The number of nitrogens with zero attached hydrogens (tertiary/aromatic N) is 1. The lowest BCUT2D eigenvalue weighted by atomic mass is 9.61.